The minimum Gasteiger partial charge on any atom is -0.357 e. The molecule has 2 fully saturated rings. The van der Waals surface area contributed by atoms with E-state index in [9.17, 15) is 4.79 Å². The smallest absolute Gasteiger partial charge is 0.225 e. The highest BCUT2D eigenvalue weighted by molar-refractivity contribution is 5.79. The summed E-state index contributed by atoms with van der Waals surface area (Å²) >= 11 is 0. The molecular formula is C22H27N9O. The second kappa shape index (κ2) is 9.29. The number of amides is 1. The Labute approximate surface area is 186 Å². The lowest BCUT2D eigenvalue weighted by Gasteiger charge is -2.32. The van der Waals surface area contributed by atoms with Crippen molar-refractivity contribution in [3.63, 3.8) is 0 Å². The lowest BCUT2D eigenvalue weighted by atomic mass is 9.97. The molecular weight excluding hydrogens is 406 g/mol. The number of rotatable bonds is 6. The van der Waals surface area contributed by atoms with Crippen molar-refractivity contribution in [3.05, 3.63) is 48.9 Å². The zero-order valence-corrected chi connectivity index (χ0v) is 18.0. The Morgan fingerprint density at radius 2 is 1.78 bits per heavy atom. The van der Waals surface area contributed by atoms with E-state index in [1.165, 1.54) is 25.5 Å². The fraction of sp³-hybridized carbons (Fsp3) is 0.455. The largest absolute Gasteiger partial charge is 0.357 e. The molecule has 0 aliphatic carbocycles. The molecule has 2 aliphatic rings. The van der Waals surface area contributed by atoms with Gasteiger partial charge in [-0.2, -0.15) is 5.10 Å². The average molecular weight is 434 g/mol. The Bertz CT molecular complexity index is 1050. The number of carbonyl (C=O) groups is 1. The van der Waals surface area contributed by atoms with Crippen molar-refractivity contribution in [3.8, 4) is 5.82 Å². The van der Waals surface area contributed by atoms with Gasteiger partial charge in [0.2, 0.25) is 5.91 Å². The molecule has 5 rings (SSSR count). The highest BCUT2D eigenvalue weighted by atomic mass is 16.1. The van der Waals surface area contributed by atoms with Gasteiger partial charge in [0.15, 0.2) is 5.82 Å². The summed E-state index contributed by atoms with van der Waals surface area (Å²) in [5, 5.41) is 7.25. The van der Waals surface area contributed by atoms with Crippen molar-refractivity contribution in [2.45, 2.75) is 32.2 Å². The van der Waals surface area contributed by atoms with Crippen molar-refractivity contribution >= 4 is 17.5 Å². The molecule has 1 amide bonds. The van der Waals surface area contributed by atoms with E-state index in [1.54, 1.807) is 11.0 Å². The molecule has 166 valence electrons. The van der Waals surface area contributed by atoms with Gasteiger partial charge in [-0.1, -0.05) is 0 Å². The van der Waals surface area contributed by atoms with Crippen LogP contribution in [0.25, 0.3) is 5.82 Å². The molecule has 5 heterocycles. The van der Waals surface area contributed by atoms with Crippen molar-refractivity contribution in [1.82, 2.24) is 35.0 Å². The lowest BCUT2D eigenvalue weighted by Crippen LogP contribution is -2.43. The van der Waals surface area contributed by atoms with Crippen molar-refractivity contribution < 1.29 is 4.79 Å². The third kappa shape index (κ3) is 4.53. The van der Waals surface area contributed by atoms with Crippen LogP contribution in [0.1, 0.15) is 31.2 Å². The fourth-order valence-electron chi connectivity index (χ4n) is 4.38. The number of anilines is 2. The van der Waals surface area contributed by atoms with E-state index in [-0.39, 0.29) is 11.8 Å². The molecule has 3 aromatic heterocycles. The molecule has 3 aromatic rings. The molecule has 0 aromatic carbocycles. The van der Waals surface area contributed by atoms with Crippen molar-refractivity contribution in [1.29, 1.82) is 0 Å². The first kappa shape index (κ1) is 20.3. The van der Waals surface area contributed by atoms with E-state index in [0.29, 0.717) is 18.9 Å². The maximum Gasteiger partial charge on any atom is 0.225 e. The predicted molar refractivity (Wildman–Crippen MR) is 119 cm³/mol. The summed E-state index contributed by atoms with van der Waals surface area (Å²) in [5.74, 6) is 2.47. The van der Waals surface area contributed by atoms with Crippen LogP contribution in [-0.2, 0) is 11.3 Å². The molecule has 1 atom stereocenters. The van der Waals surface area contributed by atoms with Crippen LogP contribution in [0.5, 0.6) is 0 Å². The topological polar surface area (TPSA) is 105 Å². The highest BCUT2D eigenvalue weighted by Gasteiger charge is 2.27. The van der Waals surface area contributed by atoms with Crippen LogP contribution in [0.4, 0.5) is 11.6 Å². The number of aromatic nitrogens is 6. The van der Waals surface area contributed by atoms with Gasteiger partial charge in [-0.25, -0.2) is 24.6 Å². The molecule has 0 spiro atoms. The van der Waals surface area contributed by atoms with Crippen molar-refractivity contribution in [2.24, 2.45) is 5.92 Å². The van der Waals surface area contributed by atoms with Crippen LogP contribution in [0, 0.1) is 5.92 Å². The van der Waals surface area contributed by atoms with Gasteiger partial charge in [0, 0.05) is 45.0 Å². The third-order valence-corrected chi connectivity index (χ3v) is 6.11. The van der Waals surface area contributed by atoms with Gasteiger partial charge in [0.25, 0.3) is 0 Å². The first-order valence-corrected chi connectivity index (χ1v) is 11.2. The SMILES string of the molecule is O=C(NCc1ccnc(N2CCCC2)c1)C1CCCN(c2cc(-n3cncn3)ncn2)C1. The first-order chi connectivity index (χ1) is 15.8. The normalized spacial score (nSPS) is 18.7. The van der Waals surface area contributed by atoms with E-state index in [1.807, 2.05) is 18.3 Å². The monoisotopic (exact) mass is 433 g/mol. The quantitative estimate of drug-likeness (QED) is 0.625. The lowest BCUT2D eigenvalue weighted by molar-refractivity contribution is -0.125. The standard InChI is InChI=1S/C22H27N9O/c32-22(25-12-17-5-6-24-19(10-17)29-7-1-2-8-29)18-4-3-9-30(13-18)20-11-21(27-15-26-20)31-16-23-14-28-31/h5-6,10-11,14-16,18H,1-4,7-9,12-13H2,(H,25,32). The van der Waals surface area contributed by atoms with E-state index in [4.69, 9.17) is 0 Å². The zero-order chi connectivity index (χ0) is 21.8. The van der Waals surface area contributed by atoms with Crippen LogP contribution in [-0.4, -0.2) is 61.8 Å². The maximum absolute atomic E-state index is 12.9. The predicted octanol–water partition coefficient (Wildman–Crippen LogP) is 1.59. The summed E-state index contributed by atoms with van der Waals surface area (Å²) in [6, 6.07) is 5.94. The van der Waals surface area contributed by atoms with E-state index < -0.39 is 0 Å². The summed E-state index contributed by atoms with van der Waals surface area (Å²) in [6.45, 7) is 4.13. The fourth-order valence-corrected chi connectivity index (χ4v) is 4.38. The molecule has 10 heteroatoms. The maximum atomic E-state index is 12.9. The van der Waals surface area contributed by atoms with E-state index in [0.717, 1.165) is 49.7 Å². The van der Waals surface area contributed by atoms with Crippen LogP contribution in [0.2, 0.25) is 0 Å². The molecule has 10 nitrogen and oxygen atoms in total. The third-order valence-electron chi connectivity index (χ3n) is 6.11. The second-order valence-electron chi connectivity index (χ2n) is 8.29. The van der Waals surface area contributed by atoms with Gasteiger partial charge < -0.3 is 15.1 Å². The summed E-state index contributed by atoms with van der Waals surface area (Å²) in [6.07, 6.45) is 10.7. The number of hydrogen-bond donors (Lipinski definition) is 1. The Morgan fingerprint density at radius 3 is 2.62 bits per heavy atom. The average Bonchev–Trinajstić information content (AvgIpc) is 3.58. The van der Waals surface area contributed by atoms with E-state index >= 15 is 0 Å². The zero-order valence-electron chi connectivity index (χ0n) is 18.0. The molecule has 2 aliphatic heterocycles. The second-order valence-corrected chi connectivity index (χ2v) is 8.29. The number of nitrogens with one attached hydrogen (secondary N) is 1. The Hall–Kier alpha value is -3.56. The first-order valence-electron chi connectivity index (χ1n) is 11.2. The Morgan fingerprint density at radius 1 is 0.969 bits per heavy atom. The number of hydrogen-bond acceptors (Lipinski definition) is 8. The summed E-state index contributed by atoms with van der Waals surface area (Å²) in [5.41, 5.74) is 1.08. The Kier molecular flexibility index (Phi) is 5.91. The highest BCUT2D eigenvalue weighted by Crippen LogP contribution is 2.23. The number of piperidine rings is 1. The summed E-state index contributed by atoms with van der Waals surface area (Å²) in [7, 11) is 0. The molecule has 32 heavy (non-hydrogen) atoms. The van der Waals surface area contributed by atoms with Gasteiger partial charge in [0.1, 0.15) is 30.6 Å². The van der Waals surface area contributed by atoms with Crippen LogP contribution in [0.15, 0.2) is 43.4 Å². The molecule has 2 saturated heterocycles. The molecule has 0 bridgehead atoms. The molecule has 0 saturated carbocycles. The minimum atomic E-state index is -0.0755. The van der Waals surface area contributed by atoms with Crippen LogP contribution < -0.4 is 15.1 Å². The number of carbonyl (C=O) groups excluding carboxylic acids is 1. The van der Waals surface area contributed by atoms with Gasteiger partial charge in [-0.05, 0) is 43.4 Å². The molecule has 1 N–H and O–H groups in total. The minimum absolute atomic E-state index is 0.0755. The van der Waals surface area contributed by atoms with E-state index in [2.05, 4.69) is 46.2 Å². The van der Waals surface area contributed by atoms with Gasteiger partial charge in [-0.15, -0.1) is 0 Å². The van der Waals surface area contributed by atoms with Crippen LogP contribution >= 0.6 is 0 Å². The molecule has 1 unspecified atom stereocenters. The summed E-state index contributed by atoms with van der Waals surface area (Å²) < 4.78 is 1.60. The molecule has 0 radical (unpaired) electrons. The number of nitrogens with zero attached hydrogens (tertiary/aromatic N) is 8. The van der Waals surface area contributed by atoms with Crippen molar-refractivity contribution in [2.75, 3.05) is 36.0 Å². The van der Waals surface area contributed by atoms with Gasteiger partial charge in [-0.3, -0.25) is 4.79 Å². The summed E-state index contributed by atoms with van der Waals surface area (Å²) in [4.78, 5) is 34.5. The van der Waals surface area contributed by atoms with Gasteiger partial charge >= 0.3 is 0 Å². The number of pyridine rings is 1. The van der Waals surface area contributed by atoms with Gasteiger partial charge in [0.05, 0.1) is 5.92 Å². The van der Waals surface area contributed by atoms with Crippen LogP contribution in [0.3, 0.4) is 0 Å². The Balaban J connectivity index is 1.20.